The van der Waals surface area contributed by atoms with Gasteiger partial charge in [0.2, 0.25) is 0 Å². The first-order chi connectivity index (χ1) is 15.0. The number of aromatic nitrogens is 6. The summed E-state index contributed by atoms with van der Waals surface area (Å²) < 4.78 is 2.99. The van der Waals surface area contributed by atoms with Crippen molar-refractivity contribution in [1.82, 2.24) is 29.3 Å². The van der Waals surface area contributed by atoms with Crippen molar-refractivity contribution in [1.29, 1.82) is 0 Å². The number of carbonyl (C=O) groups is 1. The second kappa shape index (κ2) is 7.51. The Morgan fingerprint density at radius 3 is 2.71 bits per heavy atom. The van der Waals surface area contributed by atoms with Crippen molar-refractivity contribution in [2.24, 2.45) is 0 Å². The van der Waals surface area contributed by atoms with Gasteiger partial charge in [0.25, 0.3) is 5.56 Å². The highest BCUT2D eigenvalue weighted by Gasteiger charge is 2.30. The number of carbonyl (C=O) groups excluding carboxylic acids is 1. The maximum atomic E-state index is 12.8. The normalized spacial score (nSPS) is 13.5. The van der Waals surface area contributed by atoms with Gasteiger partial charge in [0.1, 0.15) is 22.7 Å². The van der Waals surface area contributed by atoms with Crippen molar-refractivity contribution >= 4 is 34.4 Å². The van der Waals surface area contributed by atoms with Crippen LogP contribution < -0.4 is 17.0 Å². The highest BCUT2D eigenvalue weighted by Crippen LogP contribution is 2.35. The van der Waals surface area contributed by atoms with E-state index in [9.17, 15) is 14.4 Å². The highest BCUT2D eigenvalue weighted by atomic mass is 32.2. The van der Waals surface area contributed by atoms with Gasteiger partial charge in [0.05, 0.1) is 23.0 Å². The number of nitrogens with two attached hydrogens (primary N) is 1. The lowest BCUT2D eigenvalue weighted by molar-refractivity contribution is 0.102. The predicted octanol–water partition coefficient (Wildman–Crippen LogP) is 1.56. The van der Waals surface area contributed by atoms with Gasteiger partial charge >= 0.3 is 5.69 Å². The first-order valence-corrected chi connectivity index (χ1v) is 10.6. The van der Waals surface area contributed by atoms with E-state index in [1.54, 1.807) is 10.9 Å². The molecule has 4 aromatic rings. The maximum Gasteiger partial charge on any atom is 0.330 e. The van der Waals surface area contributed by atoms with Crippen LogP contribution in [0.1, 0.15) is 29.2 Å². The summed E-state index contributed by atoms with van der Waals surface area (Å²) in [6.07, 6.45) is 4.64. The third kappa shape index (κ3) is 3.42. The molecule has 1 aliphatic carbocycles. The van der Waals surface area contributed by atoms with Crippen LogP contribution in [-0.4, -0.2) is 40.8 Å². The second-order valence-electron chi connectivity index (χ2n) is 7.14. The van der Waals surface area contributed by atoms with Gasteiger partial charge in [-0.3, -0.25) is 19.1 Å². The first kappa shape index (κ1) is 19.2. The Bertz CT molecular complexity index is 1420. The molecule has 1 fully saturated rings. The van der Waals surface area contributed by atoms with Gasteiger partial charge in [-0.15, -0.1) is 0 Å². The van der Waals surface area contributed by atoms with Gasteiger partial charge in [-0.2, -0.15) is 5.10 Å². The number of aromatic amines is 1. The molecule has 3 N–H and O–H groups in total. The van der Waals surface area contributed by atoms with Crippen molar-refractivity contribution in [2.45, 2.75) is 23.9 Å². The van der Waals surface area contributed by atoms with E-state index in [0.717, 1.165) is 30.3 Å². The van der Waals surface area contributed by atoms with E-state index in [1.807, 2.05) is 30.3 Å². The third-order valence-corrected chi connectivity index (χ3v) is 6.05. The minimum atomic E-state index is -0.769. The van der Waals surface area contributed by atoms with Crippen LogP contribution in [0.25, 0.3) is 16.7 Å². The second-order valence-corrected chi connectivity index (χ2v) is 8.10. The zero-order chi connectivity index (χ0) is 21.5. The number of hydrogen-bond acceptors (Lipinski definition) is 8. The smallest absolute Gasteiger partial charge is 0.330 e. The van der Waals surface area contributed by atoms with E-state index in [0.29, 0.717) is 16.1 Å². The molecule has 1 aromatic carbocycles. The van der Waals surface area contributed by atoms with E-state index in [4.69, 9.17) is 5.73 Å². The molecular weight excluding hydrogens is 418 g/mol. The number of fused-ring (bicyclic) bond motifs is 1. The SMILES string of the molecule is Nc1c(C(=O)CSc2ncnc3c2cnn3-c2ccccc2)c(=O)[nH]c(=O)n1C1CC1. The van der Waals surface area contributed by atoms with E-state index in [2.05, 4.69) is 20.1 Å². The maximum absolute atomic E-state index is 12.8. The molecule has 1 saturated carbocycles. The zero-order valence-corrected chi connectivity index (χ0v) is 17.0. The van der Waals surface area contributed by atoms with Gasteiger partial charge in [0.15, 0.2) is 11.4 Å². The number of hydrogen-bond donors (Lipinski definition) is 2. The first-order valence-electron chi connectivity index (χ1n) is 9.59. The van der Waals surface area contributed by atoms with Crippen LogP contribution in [0.4, 0.5) is 5.82 Å². The lowest BCUT2D eigenvalue weighted by Crippen LogP contribution is -2.36. The molecule has 0 bridgehead atoms. The molecule has 11 heteroatoms. The average molecular weight is 435 g/mol. The summed E-state index contributed by atoms with van der Waals surface area (Å²) in [5.41, 5.74) is 5.94. The Kier molecular flexibility index (Phi) is 4.66. The summed E-state index contributed by atoms with van der Waals surface area (Å²) in [5.74, 6) is -0.620. The van der Waals surface area contributed by atoms with Crippen molar-refractivity contribution < 1.29 is 4.79 Å². The molecule has 10 nitrogen and oxygen atoms in total. The van der Waals surface area contributed by atoms with Crippen LogP contribution in [0.3, 0.4) is 0 Å². The summed E-state index contributed by atoms with van der Waals surface area (Å²) in [6, 6.07) is 9.48. The van der Waals surface area contributed by atoms with Crippen LogP contribution in [0, 0.1) is 0 Å². The Labute approximate surface area is 179 Å². The Hall–Kier alpha value is -3.73. The van der Waals surface area contributed by atoms with Crippen molar-refractivity contribution in [3.63, 3.8) is 0 Å². The van der Waals surface area contributed by atoms with Gasteiger partial charge in [-0.05, 0) is 25.0 Å². The van der Waals surface area contributed by atoms with E-state index in [-0.39, 0.29) is 23.2 Å². The summed E-state index contributed by atoms with van der Waals surface area (Å²) >= 11 is 1.16. The van der Waals surface area contributed by atoms with Gasteiger partial charge < -0.3 is 5.73 Å². The molecule has 156 valence electrons. The van der Waals surface area contributed by atoms with E-state index < -0.39 is 17.0 Å². The molecule has 31 heavy (non-hydrogen) atoms. The predicted molar refractivity (Wildman–Crippen MR) is 116 cm³/mol. The molecule has 0 amide bonds. The molecule has 0 atom stereocenters. The van der Waals surface area contributed by atoms with Crippen molar-refractivity contribution in [2.75, 3.05) is 11.5 Å². The van der Waals surface area contributed by atoms with Gasteiger partial charge in [-0.1, -0.05) is 30.0 Å². The summed E-state index contributed by atoms with van der Waals surface area (Å²) in [7, 11) is 0. The van der Waals surface area contributed by atoms with Crippen LogP contribution in [0.5, 0.6) is 0 Å². The molecule has 0 unspecified atom stereocenters. The molecule has 1 aliphatic rings. The summed E-state index contributed by atoms with van der Waals surface area (Å²) in [6.45, 7) is 0. The zero-order valence-electron chi connectivity index (χ0n) is 16.2. The molecule has 3 heterocycles. The Balaban J connectivity index is 1.44. The van der Waals surface area contributed by atoms with Gasteiger partial charge in [0, 0.05) is 6.04 Å². The minimum absolute atomic E-state index is 0.0612. The number of para-hydroxylation sites is 1. The van der Waals surface area contributed by atoms with Gasteiger partial charge in [-0.25, -0.2) is 19.4 Å². The number of anilines is 1. The lowest BCUT2D eigenvalue weighted by Gasteiger charge is -2.11. The number of nitrogens with zero attached hydrogens (tertiary/aromatic N) is 5. The fourth-order valence-electron chi connectivity index (χ4n) is 3.43. The minimum Gasteiger partial charge on any atom is -0.384 e. The number of nitrogens with one attached hydrogen (secondary N) is 1. The Morgan fingerprint density at radius 1 is 1.19 bits per heavy atom. The Morgan fingerprint density at radius 2 is 1.97 bits per heavy atom. The molecule has 0 saturated heterocycles. The largest absolute Gasteiger partial charge is 0.384 e. The standard InChI is InChI=1S/C20H17N7O3S/c21-16-15(18(29)25-20(30)26(16)11-6-7-11)14(28)9-31-19-13-8-24-27(17(13)22-10-23-19)12-4-2-1-3-5-12/h1-5,8,10-11H,6-7,9,21H2,(H,25,29,30). The molecule has 3 aromatic heterocycles. The van der Waals surface area contributed by atoms with Crippen molar-refractivity contribution in [3.05, 3.63) is 69.3 Å². The molecular formula is C20H17N7O3S. The number of benzene rings is 1. The quantitative estimate of drug-likeness (QED) is 0.264. The number of rotatable bonds is 6. The number of thioether (sulfide) groups is 1. The monoisotopic (exact) mass is 435 g/mol. The fourth-order valence-corrected chi connectivity index (χ4v) is 4.27. The van der Waals surface area contributed by atoms with Crippen LogP contribution in [0.2, 0.25) is 0 Å². The molecule has 0 radical (unpaired) electrons. The number of ketones is 1. The molecule has 0 aliphatic heterocycles. The van der Waals surface area contributed by atoms with Crippen LogP contribution in [-0.2, 0) is 0 Å². The van der Waals surface area contributed by atoms with Crippen LogP contribution in [0.15, 0.2) is 57.5 Å². The third-order valence-electron chi connectivity index (χ3n) is 5.04. The summed E-state index contributed by atoms with van der Waals surface area (Å²) in [4.78, 5) is 47.9. The average Bonchev–Trinajstić information content (AvgIpc) is 3.49. The number of nitrogen functional groups attached to an aromatic ring is 1. The topological polar surface area (TPSA) is 142 Å². The lowest BCUT2D eigenvalue weighted by atomic mass is 10.2. The fraction of sp³-hybridized carbons (Fsp3) is 0.200. The summed E-state index contributed by atoms with van der Waals surface area (Å²) in [5, 5.41) is 5.64. The molecule has 0 spiro atoms. The number of Topliss-reactive ketones (excluding diaryl/α,β-unsaturated/α-hetero) is 1. The molecule has 5 rings (SSSR count). The number of H-pyrrole nitrogens is 1. The van der Waals surface area contributed by atoms with Crippen LogP contribution >= 0.6 is 11.8 Å². The highest BCUT2D eigenvalue weighted by molar-refractivity contribution is 8.00. The van der Waals surface area contributed by atoms with E-state index >= 15 is 0 Å². The van der Waals surface area contributed by atoms with E-state index in [1.165, 1.54) is 10.9 Å². The van der Waals surface area contributed by atoms with Crippen molar-refractivity contribution in [3.8, 4) is 5.69 Å².